The molecule has 0 heterocycles. The highest BCUT2D eigenvalue weighted by molar-refractivity contribution is 7.99. The summed E-state index contributed by atoms with van der Waals surface area (Å²) in [5.74, 6) is 0. The largest absolute Gasteiger partial charge is 0.327 e. The molecule has 0 aliphatic heterocycles. The minimum absolute atomic E-state index is 0.122. The smallest absolute Gasteiger partial charge is 0.0492 e. The second-order valence-corrected chi connectivity index (χ2v) is 5.76. The van der Waals surface area contributed by atoms with E-state index < -0.39 is 0 Å². The molecule has 0 fully saturated rings. The molecular weight excluding hydrogens is 238 g/mol. The maximum Gasteiger partial charge on any atom is 0.0492 e. The highest BCUT2D eigenvalue weighted by Gasteiger charge is 2.18. The molecule has 0 saturated heterocycles. The van der Waals surface area contributed by atoms with Gasteiger partial charge >= 0.3 is 0 Å². The highest BCUT2D eigenvalue weighted by Crippen LogP contribution is 2.38. The van der Waals surface area contributed by atoms with Gasteiger partial charge in [-0.25, -0.2) is 0 Å². The van der Waals surface area contributed by atoms with Crippen molar-refractivity contribution in [3.05, 3.63) is 65.7 Å². The fraction of sp³-hybridized carbons (Fsp3) is 0.250. The van der Waals surface area contributed by atoms with Crippen molar-refractivity contribution in [3.63, 3.8) is 0 Å². The highest BCUT2D eigenvalue weighted by atomic mass is 32.2. The monoisotopic (exact) mass is 257 g/mol. The molecule has 2 unspecified atom stereocenters. The van der Waals surface area contributed by atoms with Crippen molar-refractivity contribution in [1.82, 2.24) is 0 Å². The second-order valence-electron chi connectivity index (χ2n) is 4.57. The summed E-state index contributed by atoms with van der Waals surface area (Å²) in [5.41, 5.74) is 8.75. The Morgan fingerprint density at radius 1 is 0.944 bits per heavy atom. The average Bonchev–Trinajstić information content (AvgIpc) is 2.38. The lowest BCUT2D eigenvalue weighted by molar-refractivity contribution is 0.721. The Morgan fingerprint density at radius 3 is 2.17 bits per heavy atom. The zero-order valence-corrected chi connectivity index (χ0v) is 11.7. The molecule has 0 aliphatic rings. The third kappa shape index (κ3) is 3.15. The van der Waals surface area contributed by atoms with Gasteiger partial charge in [-0.2, -0.15) is 0 Å². The van der Waals surface area contributed by atoms with Gasteiger partial charge in [0.15, 0.2) is 0 Å². The van der Waals surface area contributed by atoms with Gasteiger partial charge in [0.1, 0.15) is 0 Å². The number of aryl methyl sites for hydroxylation is 1. The number of rotatable bonds is 4. The Hall–Kier alpha value is -1.25. The van der Waals surface area contributed by atoms with Crippen LogP contribution in [0.5, 0.6) is 0 Å². The third-order valence-electron chi connectivity index (χ3n) is 2.95. The second kappa shape index (κ2) is 6.07. The minimum atomic E-state index is 0.122. The summed E-state index contributed by atoms with van der Waals surface area (Å²) >= 11 is 1.85. The zero-order valence-electron chi connectivity index (χ0n) is 10.8. The van der Waals surface area contributed by atoms with Gasteiger partial charge in [0.25, 0.3) is 0 Å². The topological polar surface area (TPSA) is 26.0 Å². The maximum atomic E-state index is 6.15. The number of thioether (sulfide) groups is 1. The molecule has 2 heteroatoms. The lowest BCUT2D eigenvalue weighted by Gasteiger charge is -2.21. The maximum absolute atomic E-state index is 6.15. The normalized spacial score (nSPS) is 14.2. The lowest BCUT2D eigenvalue weighted by atomic mass is 10.1. The van der Waals surface area contributed by atoms with Crippen LogP contribution in [0.25, 0.3) is 0 Å². The molecule has 0 saturated carbocycles. The van der Waals surface area contributed by atoms with E-state index in [4.69, 9.17) is 5.73 Å². The predicted molar refractivity (Wildman–Crippen MR) is 79.9 cm³/mol. The van der Waals surface area contributed by atoms with Crippen LogP contribution in [-0.2, 0) is 0 Å². The molecule has 2 aromatic carbocycles. The molecule has 0 radical (unpaired) electrons. The van der Waals surface area contributed by atoms with Crippen LogP contribution in [0.3, 0.4) is 0 Å². The molecule has 0 bridgehead atoms. The molecule has 2 N–H and O–H groups in total. The van der Waals surface area contributed by atoms with Crippen LogP contribution in [0.1, 0.15) is 23.3 Å². The summed E-state index contributed by atoms with van der Waals surface area (Å²) in [6, 6.07) is 19.1. The molecule has 94 valence electrons. The minimum Gasteiger partial charge on any atom is -0.327 e. The standard InChI is InChI=1S/C16H19NS/c1-12-8-6-7-11-15(12)18-16(13(2)17)14-9-4-3-5-10-14/h3-11,13,16H,17H2,1-2H3. The van der Waals surface area contributed by atoms with E-state index in [1.807, 2.05) is 17.8 Å². The first kappa shape index (κ1) is 13.2. The molecular formula is C16H19NS. The Labute approximate surface area is 113 Å². The van der Waals surface area contributed by atoms with Gasteiger partial charge in [-0.05, 0) is 31.0 Å². The number of benzene rings is 2. The van der Waals surface area contributed by atoms with E-state index in [2.05, 4.69) is 62.4 Å². The first-order chi connectivity index (χ1) is 8.68. The summed E-state index contributed by atoms with van der Waals surface area (Å²) in [4.78, 5) is 1.31. The predicted octanol–water partition coefficient (Wildman–Crippen LogP) is 4.18. The van der Waals surface area contributed by atoms with Crippen LogP contribution in [-0.4, -0.2) is 6.04 Å². The van der Waals surface area contributed by atoms with E-state index in [9.17, 15) is 0 Å². The van der Waals surface area contributed by atoms with Crippen molar-refractivity contribution in [2.75, 3.05) is 0 Å². The Bertz CT molecular complexity index is 493. The number of nitrogens with two attached hydrogens (primary N) is 1. The van der Waals surface area contributed by atoms with Crippen molar-refractivity contribution in [2.45, 2.75) is 30.0 Å². The van der Waals surface area contributed by atoms with Crippen LogP contribution in [0.4, 0.5) is 0 Å². The fourth-order valence-corrected chi connectivity index (χ4v) is 3.14. The molecule has 1 nitrogen and oxygen atoms in total. The summed E-state index contributed by atoms with van der Waals surface area (Å²) in [6.07, 6.45) is 0. The van der Waals surface area contributed by atoms with Gasteiger partial charge in [0, 0.05) is 16.2 Å². The van der Waals surface area contributed by atoms with Crippen LogP contribution in [0.2, 0.25) is 0 Å². The first-order valence-electron chi connectivity index (χ1n) is 6.21. The first-order valence-corrected chi connectivity index (χ1v) is 7.09. The van der Waals surface area contributed by atoms with E-state index in [0.717, 1.165) is 0 Å². The summed E-state index contributed by atoms with van der Waals surface area (Å²) < 4.78 is 0. The van der Waals surface area contributed by atoms with Crippen molar-refractivity contribution in [2.24, 2.45) is 5.73 Å². The Morgan fingerprint density at radius 2 is 1.56 bits per heavy atom. The van der Waals surface area contributed by atoms with Crippen molar-refractivity contribution in [3.8, 4) is 0 Å². The van der Waals surface area contributed by atoms with Gasteiger partial charge in [0.2, 0.25) is 0 Å². The van der Waals surface area contributed by atoms with Crippen molar-refractivity contribution in [1.29, 1.82) is 0 Å². The average molecular weight is 257 g/mol. The van der Waals surface area contributed by atoms with E-state index in [-0.39, 0.29) is 6.04 Å². The van der Waals surface area contributed by atoms with E-state index in [0.29, 0.717) is 5.25 Å². The summed E-state index contributed by atoms with van der Waals surface area (Å²) in [6.45, 7) is 4.22. The molecule has 0 amide bonds. The zero-order chi connectivity index (χ0) is 13.0. The lowest BCUT2D eigenvalue weighted by Crippen LogP contribution is -2.22. The molecule has 18 heavy (non-hydrogen) atoms. The van der Waals surface area contributed by atoms with Crippen molar-refractivity contribution < 1.29 is 0 Å². The van der Waals surface area contributed by atoms with Crippen LogP contribution in [0.15, 0.2) is 59.5 Å². The molecule has 0 aromatic heterocycles. The van der Waals surface area contributed by atoms with Gasteiger partial charge < -0.3 is 5.73 Å². The van der Waals surface area contributed by atoms with Crippen LogP contribution >= 0.6 is 11.8 Å². The van der Waals surface area contributed by atoms with Crippen molar-refractivity contribution >= 4 is 11.8 Å². The molecule has 2 aromatic rings. The molecule has 0 aliphatic carbocycles. The van der Waals surface area contributed by atoms with Gasteiger partial charge in [0.05, 0.1) is 0 Å². The van der Waals surface area contributed by atoms with Gasteiger partial charge in [-0.1, -0.05) is 48.5 Å². The van der Waals surface area contributed by atoms with Gasteiger partial charge in [-0.15, -0.1) is 11.8 Å². The summed E-state index contributed by atoms with van der Waals surface area (Å²) in [5, 5.41) is 0.298. The van der Waals surface area contributed by atoms with E-state index in [1.54, 1.807) is 0 Å². The number of hydrogen-bond acceptors (Lipinski definition) is 2. The van der Waals surface area contributed by atoms with Crippen LogP contribution < -0.4 is 5.73 Å². The SMILES string of the molecule is Cc1ccccc1SC(c1ccccc1)C(C)N. The number of hydrogen-bond donors (Lipinski definition) is 1. The van der Waals surface area contributed by atoms with Gasteiger partial charge in [-0.3, -0.25) is 0 Å². The molecule has 2 atom stereocenters. The summed E-state index contributed by atoms with van der Waals surface area (Å²) in [7, 11) is 0. The molecule has 0 spiro atoms. The van der Waals surface area contributed by atoms with E-state index >= 15 is 0 Å². The Balaban J connectivity index is 2.26. The third-order valence-corrected chi connectivity index (χ3v) is 4.62. The molecule has 2 rings (SSSR count). The fourth-order valence-electron chi connectivity index (χ4n) is 1.95. The van der Waals surface area contributed by atoms with Crippen LogP contribution in [0, 0.1) is 6.92 Å². The Kier molecular flexibility index (Phi) is 4.45. The van der Waals surface area contributed by atoms with E-state index in [1.165, 1.54) is 16.0 Å². The quantitative estimate of drug-likeness (QED) is 0.832.